The van der Waals surface area contributed by atoms with Gasteiger partial charge >= 0.3 is 0 Å². The van der Waals surface area contributed by atoms with E-state index in [9.17, 15) is 9.59 Å². The van der Waals surface area contributed by atoms with E-state index < -0.39 is 0 Å². The molecule has 0 aromatic heterocycles. The maximum Gasteiger partial charge on any atom is 0.243 e. The minimum absolute atomic E-state index is 0.0201. The molecule has 3 aliphatic rings. The number of guanidine groups is 1. The number of nitrogens with zero attached hydrogens (tertiary/aromatic N) is 5. The van der Waals surface area contributed by atoms with Crippen molar-refractivity contribution < 1.29 is 19.1 Å². The molecule has 1 unspecified atom stereocenters. The van der Waals surface area contributed by atoms with Crippen LogP contribution in [0.25, 0.3) is 0 Å². The van der Waals surface area contributed by atoms with E-state index >= 15 is 0 Å². The monoisotopic (exact) mass is 424 g/mol. The van der Waals surface area contributed by atoms with E-state index in [1.807, 2.05) is 4.90 Å². The van der Waals surface area contributed by atoms with E-state index in [-0.39, 0.29) is 18.4 Å². The molecule has 170 valence electrons. The summed E-state index contributed by atoms with van der Waals surface area (Å²) < 4.78 is 10.8. The van der Waals surface area contributed by atoms with Crippen LogP contribution >= 0.6 is 0 Å². The molecule has 3 saturated heterocycles. The van der Waals surface area contributed by atoms with Gasteiger partial charge in [0, 0.05) is 72.4 Å². The van der Waals surface area contributed by atoms with Crippen LogP contribution in [0.2, 0.25) is 0 Å². The van der Waals surface area contributed by atoms with Crippen molar-refractivity contribution in [2.24, 2.45) is 10.9 Å². The molecule has 30 heavy (non-hydrogen) atoms. The van der Waals surface area contributed by atoms with Crippen molar-refractivity contribution in [3.05, 3.63) is 0 Å². The van der Waals surface area contributed by atoms with Gasteiger partial charge in [0.25, 0.3) is 0 Å². The lowest BCUT2D eigenvalue weighted by Gasteiger charge is -2.37. The van der Waals surface area contributed by atoms with Gasteiger partial charge in [-0.05, 0) is 6.42 Å². The van der Waals surface area contributed by atoms with E-state index in [0.717, 1.165) is 58.3 Å². The number of likely N-dealkylation sites (N-methyl/N-ethyl adjacent to an activating group) is 1. The van der Waals surface area contributed by atoms with Crippen LogP contribution in [0.3, 0.4) is 0 Å². The van der Waals surface area contributed by atoms with Gasteiger partial charge in [0.05, 0.1) is 26.4 Å². The SMILES string of the molecule is CN(C)C(=O)CN=C(NCC1CCOC1)N1CCN(CC(=O)N2CCOCC2)CC1. The fourth-order valence-electron chi connectivity index (χ4n) is 3.75. The van der Waals surface area contributed by atoms with Crippen LogP contribution < -0.4 is 5.32 Å². The van der Waals surface area contributed by atoms with Gasteiger partial charge in [-0.3, -0.25) is 14.5 Å². The second kappa shape index (κ2) is 11.5. The minimum Gasteiger partial charge on any atom is -0.381 e. The summed E-state index contributed by atoms with van der Waals surface area (Å²) in [6.07, 6.45) is 1.05. The lowest BCUT2D eigenvalue weighted by Crippen LogP contribution is -2.55. The normalized spacial score (nSPS) is 23.5. The first-order valence-corrected chi connectivity index (χ1v) is 10.9. The van der Waals surface area contributed by atoms with Crippen molar-refractivity contribution in [1.29, 1.82) is 0 Å². The fourth-order valence-corrected chi connectivity index (χ4v) is 3.75. The van der Waals surface area contributed by atoms with Gasteiger partial charge in [-0.15, -0.1) is 0 Å². The lowest BCUT2D eigenvalue weighted by molar-refractivity contribution is -0.136. The Kier molecular flexibility index (Phi) is 8.71. The molecule has 10 heteroatoms. The maximum absolute atomic E-state index is 12.5. The number of aliphatic imine (C=N–C) groups is 1. The smallest absolute Gasteiger partial charge is 0.243 e. The quantitative estimate of drug-likeness (QED) is 0.411. The highest BCUT2D eigenvalue weighted by molar-refractivity contribution is 5.85. The maximum atomic E-state index is 12.5. The van der Waals surface area contributed by atoms with E-state index in [4.69, 9.17) is 9.47 Å². The number of carbonyl (C=O) groups is 2. The largest absolute Gasteiger partial charge is 0.381 e. The number of hydrogen-bond acceptors (Lipinski definition) is 6. The topological polar surface area (TPSA) is 90.0 Å². The first kappa shape index (κ1) is 22.8. The third kappa shape index (κ3) is 6.82. The molecule has 0 spiro atoms. The Bertz CT molecular complexity index is 594. The summed E-state index contributed by atoms with van der Waals surface area (Å²) in [5.41, 5.74) is 0. The van der Waals surface area contributed by atoms with Gasteiger partial charge in [-0.1, -0.05) is 0 Å². The lowest BCUT2D eigenvalue weighted by atomic mass is 10.1. The first-order valence-electron chi connectivity index (χ1n) is 10.9. The van der Waals surface area contributed by atoms with E-state index in [2.05, 4.69) is 20.1 Å². The number of ether oxygens (including phenoxy) is 2. The average molecular weight is 425 g/mol. The molecular weight excluding hydrogens is 388 g/mol. The van der Waals surface area contributed by atoms with Gasteiger partial charge in [-0.25, -0.2) is 4.99 Å². The van der Waals surface area contributed by atoms with Crippen LogP contribution in [0.1, 0.15) is 6.42 Å². The standard InChI is InChI=1S/C20H36N6O4/c1-23(2)18(27)14-22-20(21-13-17-3-10-30-16-17)26-6-4-24(5-7-26)15-19(28)25-8-11-29-12-9-25/h17H,3-16H2,1-2H3,(H,21,22). The molecule has 0 aromatic rings. The first-order chi connectivity index (χ1) is 14.5. The zero-order valence-corrected chi connectivity index (χ0v) is 18.3. The summed E-state index contributed by atoms with van der Waals surface area (Å²) in [6, 6.07) is 0. The summed E-state index contributed by atoms with van der Waals surface area (Å²) in [6.45, 7) is 8.74. The molecular formula is C20H36N6O4. The third-order valence-electron chi connectivity index (χ3n) is 5.83. The predicted octanol–water partition coefficient (Wildman–Crippen LogP) is -1.47. The van der Waals surface area contributed by atoms with Crippen LogP contribution in [0.5, 0.6) is 0 Å². The highest BCUT2D eigenvalue weighted by atomic mass is 16.5. The van der Waals surface area contributed by atoms with Crippen molar-refractivity contribution in [3.8, 4) is 0 Å². The minimum atomic E-state index is -0.0201. The van der Waals surface area contributed by atoms with Crippen molar-refractivity contribution in [2.45, 2.75) is 6.42 Å². The Morgan fingerprint density at radius 2 is 1.73 bits per heavy atom. The van der Waals surface area contributed by atoms with Gasteiger partial charge in [-0.2, -0.15) is 0 Å². The molecule has 2 amide bonds. The number of amides is 2. The molecule has 0 radical (unpaired) electrons. The molecule has 3 heterocycles. The van der Waals surface area contributed by atoms with Crippen LogP contribution in [0, 0.1) is 5.92 Å². The average Bonchev–Trinajstić information content (AvgIpc) is 3.28. The summed E-state index contributed by atoms with van der Waals surface area (Å²) in [4.78, 5) is 36.9. The Morgan fingerprint density at radius 3 is 2.37 bits per heavy atom. The molecule has 1 N–H and O–H groups in total. The Labute approximate surface area is 179 Å². The van der Waals surface area contributed by atoms with Gasteiger partial charge in [0.15, 0.2) is 5.96 Å². The summed E-state index contributed by atoms with van der Waals surface area (Å²) in [5.74, 6) is 1.41. The van der Waals surface area contributed by atoms with Crippen LogP contribution in [0.15, 0.2) is 4.99 Å². The van der Waals surface area contributed by atoms with E-state index in [1.54, 1.807) is 19.0 Å². The third-order valence-corrected chi connectivity index (χ3v) is 5.83. The Balaban J connectivity index is 1.50. The Hall–Kier alpha value is -1.91. The molecule has 3 rings (SSSR count). The molecule has 10 nitrogen and oxygen atoms in total. The summed E-state index contributed by atoms with van der Waals surface area (Å²) in [7, 11) is 3.48. The highest BCUT2D eigenvalue weighted by Crippen LogP contribution is 2.11. The molecule has 3 fully saturated rings. The van der Waals surface area contributed by atoms with Crippen molar-refractivity contribution in [3.63, 3.8) is 0 Å². The van der Waals surface area contributed by atoms with Crippen LogP contribution in [0.4, 0.5) is 0 Å². The second-order valence-corrected chi connectivity index (χ2v) is 8.29. The number of hydrogen-bond donors (Lipinski definition) is 1. The molecule has 0 bridgehead atoms. The Morgan fingerprint density at radius 1 is 1.00 bits per heavy atom. The van der Waals surface area contributed by atoms with Crippen molar-refractivity contribution >= 4 is 17.8 Å². The van der Waals surface area contributed by atoms with Gasteiger partial charge < -0.3 is 29.5 Å². The highest BCUT2D eigenvalue weighted by Gasteiger charge is 2.25. The number of rotatable bonds is 6. The number of nitrogens with one attached hydrogen (secondary N) is 1. The number of carbonyl (C=O) groups excluding carboxylic acids is 2. The van der Waals surface area contributed by atoms with Gasteiger partial charge in [0.2, 0.25) is 11.8 Å². The van der Waals surface area contributed by atoms with Crippen LogP contribution in [-0.2, 0) is 19.1 Å². The number of morpholine rings is 1. The van der Waals surface area contributed by atoms with E-state index in [0.29, 0.717) is 38.8 Å². The molecule has 0 saturated carbocycles. The second-order valence-electron chi connectivity index (χ2n) is 8.29. The number of piperazine rings is 1. The predicted molar refractivity (Wildman–Crippen MR) is 113 cm³/mol. The van der Waals surface area contributed by atoms with E-state index in [1.165, 1.54) is 0 Å². The van der Waals surface area contributed by atoms with Crippen LogP contribution in [-0.4, -0.2) is 137 Å². The molecule has 0 aliphatic carbocycles. The summed E-state index contributed by atoms with van der Waals surface area (Å²) in [5, 5.41) is 3.45. The molecule has 1 atom stereocenters. The van der Waals surface area contributed by atoms with Gasteiger partial charge in [0.1, 0.15) is 6.54 Å². The summed E-state index contributed by atoms with van der Waals surface area (Å²) >= 11 is 0. The fraction of sp³-hybridized carbons (Fsp3) is 0.850. The zero-order valence-electron chi connectivity index (χ0n) is 18.3. The van der Waals surface area contributed by atoms with Crippen molar-refractivity contribution in [2.75, 3.05) is 99.4 Å². The van der Waals surface area contributed by atoms with Crippen molar-refractivity contribution in [1.82, 2.24) is 24.9 Å². The molecule has 3 aliphatic heterocycles. The zero-order chi connectivity index (χ0) is 21.3. The molecule has 0 aromatic carbocycles.